The fraction of sp³-hybridized carbons (Fsp3) is 0. The number of phosphoric acid groups is 1. The van der Waals surface area contributed by atoms with Crippen LogP contribution < -0.4 is 0 Å². The van der Waals surface area contributed by atoms with Crippen LogP contribution in [-0.2, 0) is 24.0 Å². The van der Waals surface area contributed by atoms with Crippen molar-refractivity contribution in [2.24, 2.45) is 0 Å². The lowest BCUT2D eigenvalue weighted by Gasteiger charge is -1.85. The molecule has 1 saturated heterocycles. The summed E-state index contributed by atoms with van der Waals surface area (Å²) in [5.74, 6) is 0. The average Bonchev–Trinajstić information content (AvgIpc) is 1.84. The van der Waals surface area contributed by atoms with E-state index < -0.39 is 7.82 Å². The Labute approximate surface area is 38.0 Å². The molecule has 0 atom stereocenters. The average molecular weight is 128 g/mol. The van der Waals surface area contributed by atoms with Gasteiger partial charge in [0.05, 0.1) is 0 Å². The molecular weight excluding hydrogens is 127 g/mol. The van der Waals surface area contributed by atoms with Crippen LogP contribution in [0.15, 0.2) is 0 Å². The fourth-order valence-electron chi connectivity index (χ4n) is 0.114. The van der Waals surface area contributed by atoms with E-state index in [9.17, 15) is 4.57 Å². The van der Waals surface area contributed by atoms with Crippen LogP contribution >= 0.6 is 7.82 Å². The Kier molecular flexibility index (Phi) is 1.12. The molecule has 0 amide bonds. The number of hydrogen-bond acceptors (Lipinski definition) is 5. The zero-order valence-electron chi connectivity index (χ0n) is 2.94. The van der Waals surface area contributed by atoms with Gasteiger partial charge in [-0.3, -0.25) is 4.89 Å². The van der Waals surface area contributed by atoms with Crippen molar-refractivity contribution in [1.29, 1.82) is 0 Å². The van der Waals surface area contributed by atoms with Crippen LogP contribution in [-0.4, -0.2) is 4.89 Å². The Hall–Kier alpha value is 0.0300. The van der Waals surface area contributed by atoms with Crippen molar-refractivity contribution in [3.05, 3.63) is 0 Å². The van der Waals surface area contributed by atoms with Gasteiger partial charge in [0.2, 0.25) is 0 Å². The normalized spacial score (nSPS) is 28.1. The first kappa shape index (κ1) is 5.17. The van der Waals surface area contributed by atoms with Crippen LogP contribution in [0.4, 0.5) is 0 Å². The number of hydrogen-bond donors (Lipinski definition) is 1. The van der Waals surface area contributed by atoms with E-state index in [4.69, 9.17) is 4.89 Å². The first-order valence-corrected chi connectivity index (χ1v) is 2.74. The third-order valence-electron chi connectivity index (χ3n) is 0.277. The molecule has 1 aliphatic rings. The summed E-state index contributed by atoms with van der Waals surface area (Å²) in [6.45, 7) is 0. The summed E-state index contributed by atoms with van der Waals surface area (Å²) in [5, 5.41) is 6.85. The molecule has 7 heavy (non-hydrogen) atoms. The lowest BCUT2D eigenvalue weighted by atomic mass is 14.4. The summed E-state index contributed by atoms with van der Waals surface area (Å²) < 4.78 is 16.9. The van der Waals surface area contributed by atoms with E-state index in [1.165, 1.54) is 0 Å². The van der Waals surface area contributed by atoms with Crippen molar-refractivity contribution >= 4 is 7.82 Å². The van der Waals surface area contributed by atoms with Gasteiger partial charge in [-0.1, -0.05) is 9.35 Å². The summed E-state index contributed by atoms with van der Waals surface area (Å²) in [4.78, 5) is 8.06. The van der Waals surface area contributed by atoms with Crippen LogP contribution in [0.5, 0.6) is 0 Å². The molecule has 0 saturated carbocycles. The van der Waals surface area contributed by atoms with Crippen LogP contribution in [0.1, 0.15) is 0 Å². The third-order valence-corrected chi connectivity index (χ3v) is 0.776. The predicted molar refractivity (Wildman–Crippen MR) is 14.2 cm³/mol. The highest BCUT2D eigenvalue weighted by Crippen LogP contribution is 2.48. The SMILES string of the molecule is O=P1(O)OOOO1. The summed E-state index contributed by atoms with van der Waals surface area (Å²) in [6.07, 6.45) is 0. The standard InChI is InChI=1S/HO6P/c1-7(2)5-3-4-6-7/h(H,1,2). The Morgan fingerprint density at radius 1 is 1.29 bits per heavy atom. The van der Waals surface area contributed by atoms with Crippen LogP contribution in [0.2, 0.25) is 0 Å². The van der Waals surface area contributed by atoms with Gasteiger partial charge in [-0.2, -0.15) is 0 Å². The second-order valence-electron chi connectivity index (χ2n) is 0.754. The van der Waals surface area contributed by atoms with Gasteiger partial charge in [0, 0.05) is 0 Å². The van der Waals surface area contributed by atoms with Crippen molar-refractivity contribution in [3.8, 4) is 0 Å². The third kappa shape index (κ3) is 1.20. The predicted octanol–water partition coefficient (Wildman–Crippen LogP) is -0.0882. The quantitative estimate of drug-likeness (QED) is 0.363. The van der Waals surface area contributed by atoms with E-state index in [0.717, 1.165) is 0 Å². The van der Waals surface area contributed by atoms with E-state index in [0.29, 0.717) is 0 Å². The van der Waals surface area contributed by atoms with Crippen molar-refractivity contribution in [2.75, 3.05) is 0 Å². The molecule has 1 rings (SSSR count). The van der Waals surface area contributed by atoms with E-state index in [1.807, 2.05) is 0 Å². The minimum Gasteiger partial charge on any atom is -0.299 e. The van der Waals surface area contributed by atoms with Gasteiger partial charge >= 0.3 is 7.82 Å². The van der Waals surface area contributed by atoms with Gasteiger partial charge in [0.1, 0.15) is 0 Å². The van der Waals surface area contributed by atoms with E-state index in [2.05, 4.69) is 19.4 Å². The molecule has 7 heteroatoms. The summed E-state index contributed by atoms with van der Waals surface area (Å²) >= 11 is 0. The lowest BCUT2D eigenvalue weighted by Crippen LogP contribution is -1.72. The first-order chi connectivity index (χ1) is 3.21. The largest absolute Gasteiger partial charge is 0.531 e. The Bertz CT molecular complexity index is 94.7. The van der Waals surface area contributed by atoms with Crippen LogP contribution in [0.3, 0.4) is 0 Å². The minimum absolute atomic E-state index is 3.42. The zero-order valence-corrected chi connectivity index (χ0v) is 3.83. The second-order valence-corrected chi connectivity index (χ2v) is 1.99. The monoisotopic (exact) mass is 128 g/mol. The molecular formula is HO6P. The molecule has 0 radical (unpaired) electrons. The summed E-state index contributed by atoms with van der Waals surface area (Å²) in [7, 11) is -3.99. The smallest absolute Gasteiger partial charge is 0.299 e. The molecule has 1 N–H and O–H groups in total. The molecule has 6 nitrogen and oxygen atoms in total. The molecule has 1 fully saturated rings. The van der Waals surface area contributed by atoms with Crippen molar-refractivity contribution < 1.29 is 28.9 Å². The molecule has 0 spiro atoms. The first-order valence-electron chi connectivity index (χ1n) is 1.25. The Morgan fingerprint density at radius 3 is 1.86 bits per heavy atom. The Balaban J connectivity index is 2.57. The van der Waals surface area contributed by atoms with Crippen LogP contribution in [0, 0.1) is 0 Å². The highest BCUT2D eigenvalue weighted by molar-refractivity contribution is 7.47. The Morgan fingerprint density at radius 2 is 1.71 bits per heavy atom. The van der Waals surface area contributed by atoms with Crippen molar-refractivity contribution in [3.63, 3.8) is 0 Å². The molecule has 0 aromatic heterocycles. The van der Waals surface area contributed by atoms with E-state index in [1.54, 1.807) is 0 Å². The summed E-state index contributed by atoms with van der Waals surface area (Å²) in [5.41, 5.74) is 0. The van der Waals surface area contributed by atoms with Gasteiger partial charge in [-0.15, -0.1) is 0 Å². The molecule has 1 aliphatic heterocycles. The highest BCUT2D eigenvalue weighted by atomic mass is 31.2. The van der Waals surface area contributed by atoms with E-state index in [-0.39, 0.29) is 0 Å². The van der Waals surface area contributed by atoms with Gasteiger partial charge < -0.3 is 0 Å². The van der Waals surface area contributed by atoms with Gasteiger partial charge in [0.15, 0.2) is 0 Å². The van der Waals surface area contributed by atoms with Gasteiger partial charge in [0.25, 0.3) is 0 Å². The fourth-order valence-corrected chi connectivity index (χ4v) is 0.343. The topological polar surface area (TPSA) is 74.2 Å². The molecule has 0 bridgehead atoms. The molecule has 0 aliphatic carbocycles. The maximum atomic E-state index is 9.88. The lowest BCUT2D eigenvalue weighted by molar-refractivity contribution is -0.532. The minimum atomic E-state index is -3.99. The van der Waals surface area contributed by atoms with Crippen LogP contribution in [0.25, 0.3) is 0 Å². The second kappa shape index (κ2) is 1.52. The zero-order chi connectivity index (χ0) is 5.33. The molecule has 0 unspecified atom stereocenters. The molecule has 1 heterocycles. The maximum absolute atomic E-state index is 9.88. The molecule has 0 aromatic carbocycles. The highest BCUT2D eigenvalue weighted by Gasteiger charge is 2.32. The van der Waals surface area contributed by atoms with Gasteiger partial charge in [-0.25, -0.2) is 4.57 Å². The number of rotatable bonds is 0. The van der Waals surface area contributed by atoms with E-state index >= 15 is 0 Å². The maximum Gasteiger partial charge on any atom is 0.531 e. The van der Waals surface area contributed by atoms with Crippen molar-refractivity contribution in [1.82, 2.24) is 0 Å². The summed E-state index contributed by atoms with van der Waals surface area (Å²) in [6, 6.07) is 0. The van der Waals surface area contributed by atoms with Crippen molar-refractivity contribution in [2.45, 2.75) is 0 Å². The van der Waals surface area contributed by atoms with Gasteiger partial charge in [-0.05, 0) is 10.1 Å². The molecule has 0 aromatic rings. The molecule has 42 valence electrons.